The van der Waals surface area contributed by atoms with Crippen LogP contribution < -0.4 is 5.32 Å². The number of nitrogens with zero attached hydrogens (tertiary/aromatic N) is 2. The Balaban J connectivity index is 1.53. The van der Waals surface area contributed by atoms with E-state index in [9.17, 15) is 9.90 Å². The van der Waals surface area contributed by atoms with Gasteiger partial charge in [-0.25, -0.2) is 0 Å². The number of carbonyl (C=O) groups excluding carboxylic acids is 1. The van der Waals surface area contributed by atoms with Crippen molar-refractivity contribution in [2.24, 2.45) is 0 Å². The number of piperidine rings is 1. The van der Waals surface area contributed by atoms with Gasteiger partial charge in [0.25, 0.3) is 5.91 Å². The van der Waals surface area contributed by atoms with Gasteiger partial charge in [0.2, 0.25) is 0 Å². The lowest BCUT2D eigenvalue weighted by Crippen LogP contribution is -2.53. The van der Waals surface area contributed by atoms with Crippen LogP contribution in [-0.4, -0.2) is 46.1 Å². The van der Waals surface area contributed by atoms with Gasteiger partial charge in [-0.1, -0.05) is 0 Å². The number of pyridine rings is 1. The number of aliphatic hydroxyl groups is 1. The Morgan fingerprint density at radius 2 is 2.35 bits per heavy atom. The lowest BCUT2D eigenvalue weighted by atomic mass is 10.0. The van der Waals surface area contributed by atoms with Gasteiger partial charge in [-0.15, -0.1) is 11.3 Å². The van der Waals surface area contributed by atoms with E-state index in [4.69, 9.17) is 0 Å². The molecule has 2 N–H and O–H groups in total. The third-order valence-electron chi connectivity index (χ3n) is 4.08. The molecule has 0 unspecified atom stereocenters. The fraction of sp³-hybridized carbons (Fsp3) is 0.412. The van der Waals surface area contributed by atoms with Crippen LogP contribution in [0.15, 0.2) is 36.7 Å². The number of hydrogen-bond donors (Lipinski definition) is 2. The number of aryl methyl sites for hydroxylation is 1. The van der Waals surface area contributed by atoms with Crippen molar-refractivity contribution in [1.82, 2.24) is 15.2 Å². The summed E-state index contributed by atoms with van der Waals surface area (Å²) in [7, 11) is 0. The zero-order valence-electron chi connectivity index (χ0n) is 13.1. The second kappa shape index (κ2) is 7.21. The number of amides is 1. The monoisotopic (exact) mass is 331 g/mol. The van der Waals surface area contributed by atoms with Crippen LogP contribution in [0.4, 0.5) is 0 Å². The van der Waals surface area contributed by atoms with Gasteiger partial charge in [0, 0.05) is 41.8 Å². The van der Waals surface area contributed by atoms with E-state index in [1.54, 1.807) is 29.7 Å². The minimum Gasteiger partial charge on any atom is -0.390 e. The molecule has 0 saturated carbocycles. The highest BCUT2D eigenvalue weighted by Gasteiger charge is 2.29. The van der Waals surface area contributed by atoms with Gasteiger partial charge in [0.1, 0.15) is 0 Å². The summed E-state index contributed by atoms with van der Waals surface area (Å²) in [5.74, 6) is -0.176. The molecule has 1 aliphatic rings. The summed E-state index contributed by atoms with van der Waals surface area (Å²) in [6.07, 6.45) is 3.37. The van der Waals surface area contributed by atoms with Gasteiger partial charge in [-0.2, -0.15) is 0 Å². The van der Waals surface area contributed by atoms with Gasteiger partial charge >= 0.3 is 0 Å². The van der Waals surface area contributed by atoms with Crippen LogP contribution in [0.2, 0.25) is 0 Å². The SMILES string of the molecule is Cc1ccc(CN2CC[C@@H](NC(=O)c3cccnc3)[C@H](O)C2)s1. The van der Waals surface area contributed by atoms with Gasteiger partial charge in [0.05, 0.1) is 17.7 Å². The van der Waals surface area contributed by atoms with Crippen LogP contribution in [0.3, 0.4) is 0 Å². The van der Waals surface area contributed by atoms with Crippen molar-refractivity contribution < 1.29 is 9.90 Å². The van der Waals surface area contributed by atoms with Gasteiger partial charge in [-0.3, -0.25) is 14.7 Å². The summed E-state index contributed by atoms with van der Waals surface area (Å²) >= 11 is 1.79. The molecule has 2 aromatic rings. The van der Waals surface area contributed by atoms with Crippen molar-refractivity contribution in [3.63, 3.8) is 0 Å². The molecule has 3 heterocycles. The maximum atomic E-state index is 12.2. The van der Waals surface area contributed by atoms with Crippen LogP contribution in [-0.2, 0) is 6.54 Å². The quantitative estimate of drug-likeness (QED) is 0.897. The van der Waals surface area contributed by atoms with E-state index in [-0.39, 0.29) is 11.9 Å². The summed E-state index contributed by atoms with van der Waals surface area (Å²) in [5, 5.41) is 13.3. The predicted molar refractivity (Wildman–Crippen MR) is 90.4 cm³/mol. The van der Waals surface area contributed by atoms with E-state index in [0.29, 0.717) is 12.1 Å². The number of rotatable bonds is 4. The van der Waals surface area contributed by atoms with Crippen molar-refractivity contribution in [1.29, 1.82) is 0 Å². The minimum absolute atomic E-state index is 0.176. The first-order chi connectivity index (χ1) is 11.1. The highest BCUT2D eigenvalue weighted by molar-refractivity contribution is 7.11. The third-order valence-corrected chi connectivity index (χ3v) is 5.07. The molecule has 6 heteroatoms. The molecule has 0 aromatic carbocycles. The van der Waals surface area contributed by atoms with Crippen LogP contribution in [0.5, 0.6) is 0 Å². The van der Waals surface area contributed by atoms with E-state index < -0.39 is 6.10 Å². The van der Waals surface area contributed by atoms with Crippen molar-refractivity contribution in [3.05, 3.63) is 52.0 Å². The molecule has 1 aliphatic heterocycles. The first-order valence-electron chi connectivity index (χ1n) is 7.78. The van der Waals surface area contributed by atoms with Gasteiger partial charge in [0.15, 0.2) is 0 Å². The summed E-state index contributed by atoms with van der Waals surface area (Å²) in [6, 6.07) is 7.52. The topological polar surface area (TPSA) is 65.5 Å². The Kier molecular flexibility index (Phi) is 5.05. The average molecular weight is 331 g/mol. The Morgan fingerprint density at radius 1 is 1.48 bits per heavy atom. The summed E-state index contributed by atoms with van der Waals surface area (Å²) in [5.41, 5.74) is 0.524. The van der Waals surface area contributed by atoms with E-state index >= 15 is 0 Å². The summed E-state index contributed by atoms with van der Waals surface area (Å²) in [6.45, 7) is 4.41. The molecule has 2 atom stereocenters. The first-order valence-corrected chi connectivity index (χ1v) is 8.60. The standard InChI is InChI=1S/C17H21N3O2S/c1-12-4-5-14(23-12)10-20-8-6-15(16(21)11-20)19-17(22)13-3-2-7-18-9-13/h2-5,7,9,15-16,21H,6,8,10-11H2,1H3,(H,19,22)/t15-,16-/m1/s1. The second-order valence-electron chi connectivity index (χ2n) is 5.93. The molecule has 23 heavy (non-hydrogen) atoms. The first kappa shape index (κ1) is 16.1. The lowest BCUT2D eigenvalue weighted by Gasteiger charge is -2.36. The number of nitrogens with one attached hydrogen (secondary N) is 1. The summed E-state index contributed by atoms with van der Waals surface area (Å²) in [4.78, 5) is 21.0. The number of carbonyl (C=O) groups is 1. The number of likely N-dealkylation sites (tertiary alicyclic amines) is 1. The maximum Gasteiger partial charge on any atom is 0.253 e. The fourth-order valence-electron chi connectivity index (χ4n) is 2.85. The molecule has 0 aliphatic carbocycles. The zero-order valence-corrected chi connectivity index (χ0v) is 13.9. The van der Waals surface area contributed by atoms with Crippen LogP contribution in [0, 0.1) is 6.92 Å². The van der Waals surface area contributed by atoms with Crippen molar-refractivity contribution in [2.45, 2.75) is 32.0 Å². The highest BCUT2D eigenvalue weighted by atomic mass is 32.1. The fourth-order valence-corrected chi connectivity index (χ4v) is 3.78. The number of aromatic nitrogens is 1. The van der Waals surface area contributed by atoms with E-state index in [1.807, 2.05) is 0 Å². The Bertz CT molecular complexity index is 659. The number of aliphatic hydroxyl groups excluding tert-OH is 1. The normalized spacial score (nSPS) is 22.0. The Labute approximate surface area is 140 Å². The minimum atomic E-state index is -0.551. The van der Waals surface area contributed by atoms with E-state index in [2.05, 4.69) is 34.3 Å². The van der Waals surface area contributed by atoms with Gasteiger partial charge in [-0.05, 0) is 37.6 Å². The Hall–Kier alpha value is -1.76. The molecule has 1 fully saturated rings. The van der Waals surface area contributed by atoms with E-state index in [0.717, 1.165) is 19.5 Å². The molecule has 3 rings (SSSR count). The molecule has 1 amide bonds. The van der Waals surface area contributed by atoms with Crippen LogP contribution in [0.1, 0.15) is 26.5 Å². The zero-order chi connectivity index (χ0) is 16.2. The maximum absolute atomic E-state index is 12.2. The van der Waals surface area contributed by atoms with E-state index in [1.165, 1.54) is 16.0 Å². The van der Waals surface area contributed by atoms with Gasteiger partial charge < -0.3 is 10.4 Å². The van der Waals surface area contributed by atoms with Crippen molar-refractivity contribution >= 4 is 17.2 Å². The molecule has 0 spiro atoms. The molecule has 2 aromatic heterocycles. The molecule has 5 nitrogen and oxygen atoms in total. The molecule has 0 bridgehead atoms. The molecular weight excluding hydrogens is 310 g/mol. The average Bonchev–Trinajstić information content (AvgIpc) is 2.96. The highest BCUT2D eigenvalue weighted by Crippen LogP contribution is 2.20. The Morgan fingerprint density at radius 3 is 3.00 bits per heavy atom. The number of thiophene rings is 1. The molecular formula is C17H21N3O2S. The van der Waals surface area contributed by atoms with Crippen molar-refractivity contribution in [2.75, 3.05) is 13.1 Å². The smallest absolute Gasteiger partial charge is 0.253 e. The number of hydrogen-bond acceptors (Lipinski definition) is 5. The second-order valence-corrected chi connectivity index (χ2v) is 7.30. The predicted octanol–water partition coefficient (Wildman–Crippen LogP) is 1.82. The van der Waals surface area contributed by atoms with Crippen LogP contribution >= 0.6 is 11.3 Å². The lowest BCUT2D eigenvalue weighted by molar-refractivity contribution is 0.0353. The summed E-state index contributed by atoms with van der Waals surface area (Å²) < 4.78 is 0. The molecule has 122 valence electrons. The molecule has 1 saturated heterocycles. The van der Waals surface area contributed by atoms with Crippen LogP contribution in [0.25, 0.3) is 0 Å². The number of β-amino-alcohol motifs (C(OH)–C–C–N with tert-alkyl or cyclic N) is 1. The largest absolute Gasteiger partial charge is 0.390 e. The third kappa shape index (κ3) is 4.16. The van der Waals surface area contributed by atoms with Crippen molar-refractivity contribution in [3.8, 4) is 0 Å². The molecule has 0 radical (unpaired) electrons.